The molecule has 0 bridgehead atoms. The molecule has 0 saturated heterocycles. The van der Waals surface area contributed by atoms with E-state index in [1.54, 1.807) is 35.6 Å². The Hall–Kier alpha value is -2.61. The van der Waals surface area contributed by atoms with Crippen LogP contribution in [0.4, 0.5) is 5.95 Å². The van der Waals surface area contributed by atoms with Crippen LogP contribution in [0.25, 0.3) is 5.95 Å². The summed E-state index contributed by atoms with van der Waals surface area (Å²) in [6.07, 6.45) is 8.08. The second-order valence-corrected chi connectivity index (χ2v) is 4.09. The zero-order valence-electron chi connectivity index (χ0n) is 10.2. The molecule has 0 fully saturated rings. The predicted octanol–water partition coefficient (Wildman–Crippen LogP) is 1.11. The van der Waals surface area contributed by atoms with Crippen LogP contribution in [0.2, 0.25) is 5.28 Å². The van der Waals surface area contributed by atoms with Gasteiger partial charge in [-0.1, -0.05) is 0 Å². The molecule has 100 valence electrons. The molecule has 0 aliphatic carbocycles. The first-order chi connectivity index (χ1) is 9.81. The smallest absolute Gasteiger partial charge is 0.241 e. The summed E-state index contributed by atoms with van der Waals surface area (Å²) in [5, 5.41) is 3.14. The van der Waals surface area contributed by atoms with Gasteiger partial charge in [0.25, 0.3) is 0 Å². The van der Waals surface area contributed by atoms with E-state index in [4.69, 9.17) is 11.6 Å². The van der Waals surface area contributed by atoms with E-state index in [2.05, 4.69) is 35.2 Å². The average Bonchev–Trinajstić information content (AvgIpc) is 3.00. The summed E-state index contributed by atoms with van der Waals surface area (Å²) in [7, 11) is 0. The van der Waals surface area contributed by atoms with Crippen molar-refractivity contribution in [2.24, 2.45) is 0 Å². The Bertz CT molecular complexity index is 685. The SMILES string of the molecule is Clc1nc(NCc2ccncn2)nc(-n2ccnc2)n1. The van der Waals surface area contributed by atoms with Crippen LogP contribution >= 0.6 is 11.6 Å². The molecule has 0 amide bonds. The van der Waals surface area contributed by atoms with E-state index >= 15 is 0 Å². The van der Waals surface area contributed by atoms with Gasteiger partial charge in [0.15, 0.2) is 0 Å². The lowest BCUT2D eigenvalue weighted by Crippen LogP contribution is -2.09. The maximum Gasteiger partial charge on any atom is 0.241 e. The number of imidazole rings is 1. The van der Waals surface area contributed by atoms with Crippen molar-refractivity contribution in [2.45, 2.75) is 6.54 Å². The van der Waals surface area contributed by atoms with Crippen molar-refractivity contribution >= 4 is 17.5 Å². The second kappa shape index (κ2) is 5.57. The van der Waals surface area contributed by atoms with Crippen molar-refractivity contribution in [1.29, 1.82) is 0 Å². The van der Waals surface area contributed by atoms with Gasteiger partial charge in [-0.25, -0.2) is 15.0 Å². The minimum Gasteiger partial charge on any atom is -0.348 e. The van der Waals surface area contributed by atoms with Gasteiger partial charge >= 0.3 is 0 Å². The zero-order valence-corrected chi connectivity index (χ0v) is 10.9. The fraction of sp³-hybridized carbons (Fsp3) is 0.0909. The van der Waals surface area contributed by atoms with Crippen LogP contribution in [-0.4, -0.2) is 34.5 Å². The van der Waals surface area contributed by atoms with Crippen LogP contribution in [0, 0.1) is 0 Å². The first-order valence-corrected chi connectivity index (χ1v) is 6.08. The van der Waals surface area contributed by atoms with Crippen LogP contribution in [0.15, 0.2) is 37.3 Å². The first kappa shape index (κ1) is 12.4. The molecule has 3 rings (SSSR count). The quantitative estimate of drug-likeness (QED) is 0.768. The molecule has 0 saturated carbocycles. The molecule has 20 heavy (non-hydrogen) atoms. The molecule has 1 N–H and O–H groups in total. The lowest BCUT2D eigenvalue weighted by atomic mass is 10.4. The summed E-state index contributed by atoms with van der Waals surface area (Å²) < 4.78 is 1.64. The lowest BCUT2D eigenvalue weighted by molar-refractivity contribution is 0.883. The normalized spacial score (nSPS) is 10.4. The highest BCUT2D eigenvalue weighted by Gasteiger charge is 2.06. The maximum atomic E-state index is 5.89. The van der Waals surface area contributed by atoms with Gasteiger partial charge in [-0.2, -0.15) is 15.0 Å². The molecule has 0 unspecified atom stereocenters. The number of nitrogens with one attached hydrogen (secondary N) is 1. The van der Waals surface area contributed by atoms with Crippen molar-refractivity contribution in [3.8, 4) is 5.95 Å². The van der Waals surface area contributed by atoms with Gasteiger partial charge in [0.2, 0.25) is 17.2 Å². The van der Waals surface area contributed by atoms with Crippen LogP contribution < -0.4 is 5.32 Å². The van der Waals surface area contributed by atoms with Gasteiger partial charge in [-0.05, 0) is 17.7 Å². The molecular weight excluding hydrogens is 280 g/mol. The van der Waals surface area contributed by atoms with E-state index in [-0.39, 0.29) is 5.28 Å². The summed E-state index contributed by atoms with van der Waals surface area (Å²) >= 11 is 5.89. The number of hydrogen-bond acceptors (Lipinski definition) is 7. The molecule has 0 aliphatic rings. The number of rotatable bonds is 4. The topological polar surface area (TPSA) is 94.3 Å². The summed E-state index contributed by atoms with van der Waals surface area (Å²) in [5.41, 5.74) is 0.820. The number of hydrogen-bond donors (Lipinski definition) is 1. The predicted molar refractivity (Wildman–Crippen MR) is 71.3 cm³/mol. The van der Waals surface area contributed by atoms with Gasteiger partial charge in [0.1, 0.15) is 12.7 Å². The van der Waals surface area contributed by atoms with Crippen LogP contribution in [0.5, 0.6) is 0 Å². The Balaban J connectivity index is 1.80. The lowest BCUT2D eigenvalue weighted by Gasteiger charge is -2.06. The highest BCUT2D eigenvalue weighted by molar-refractivity contribution is 6.28. The van der Waals surface area contributed by atoms with Gasteiger partial charge in [0, 0.05) is 18.6 Å². The van der Waals surface area contributed by atoms with Gasteiger partial charge in [-0.3, -0.25) is 4.57 Å². The van der Waals surface area contributed by atoms with E-state index < -0.39 is 0 Å². The Kier molecular flexibility index (Phi) is 3.46. The van der Waals surface area contributed by atoms with E-state index in [1.807, 2.05) is 0 Å². The highest BCUT2D eigenvalue weighted by Crippen LogP contribution is 2.10. The number of halogens is 1. The molecule has 3 heterocycles. The zero-order chi connectivity index (χ0) is 13.8. The van der Waals surface area contributed by atoms with Crippen LogP contribution in [0.3, 0.4) is 0 Å². The average molecular weight is 289 g/mol. The van der Waals surface area contributed by atoms with Crippen LogP contribution in [-0.2, 0) is 6.54 Å². The second-order valence-electron chi connectivity index (χ2n) is 3.75. The third kappa shape index (κ3) is 2.86. The minimum atomic E-state index is 0.105. The Labute approximate surface area is 119 Å². The molecule has 0 aliphatic heterocycles. The summed E-state index contributed by atoms with van der Waals surface area (Å²) in [6.45, 7) is 0.465. The van der Waals surface area contributed by atoms with Crippen molar-refractivity contribution in [3.63, 3.8) is 0 Å². The molecule has 9 heteroatoms. The van der Waals surface area contributed by atoms with Crippen molar-refractivity contribution in [2.75, 3.05) is 5.32 Å². The Morgan fingerprint density at radius 3 is 2.85 bits per heavy atom. The monoisotopic (exact) mass is 288 g/mol. The molecule has 0 spiro atoms. The van der Waals surface area contributed by atoms with E-state index in [0.717, 1.165) is 5.69 Å². The molecule has 0 atom stereocenters. The van der Waals surface area contributed by atoms with E-state index in [9.17, 15) is 0 Å². The number of anilines is 1. The van der Waals surface area contributed by atoms with Crippen molar-refractivity contribution in [1.82, 2.24) is 34.5 Å². The van der Waals surface area contributed by atoms with Crippen LogP contribution in [0.1, 0.15) is 5.69 Å². The number of aromatic nitrogens is 7. The van der Waals surface area contributed by atoms with Gasteiger partial charge in [0.05, 0.1) is 12.2 Å². The third-order valence-corrected chi connectivity index (χ3v) is 2.57. The highest BCUT2D eigenvalue weighted by atomic mass is 35.5. The third-order valence-electron chi connectivity index (χ3n) is 2.40. The molecule has 8 nitrogen and oxygen atoms in total. The molecule has 0 aromatic carbocycles. The first-order valence-electron chi connectivity index (χ1n) is 5.70. The van der Waals surface area contributed by atoms with Crippen molar-refractivity contribution in [3.05, 3.63) is 48.3 Å². The summed E-state index contributed by atoms with van der Waals surface area (Å²) in [5.74, 6) is 0.764. The molecule has 3 aromatic heterocycles. The van der Waals surface area contributed by atoms with Gasteiger partial charge < -0.3 is 5.32 Å². The van der Waals surface area contributed by atoms with Crippen molar-refractivity contribution < 1.29 is 0 Å². The standard InChI is InChI=1S/C11H9ClN8/c12-9-17-10(15-5-8-1-2-13-6-16-8)19-11(18-9)20-4-3-14-7-20/h1-4,6-7H,5H2,(H,15,17,18,19). The molecular formula is C11H9ClN8. The maximum absolute atomic E-state index is 5.89. The van der Waals surface area contributed by atoms with Gasteiger partial charge in [-0.15, -0.1) is 0 Å². The summed E-state index contributed by atoms with van der Waals surface area (Å²) in [4.78, 5) is 24.2. The largest absolute Gasteiger partial charge is 0.348 e. The Morgan fingerprint density at radius 1 is 1.15 bits per heavy atom. The Morgan fingerprint density at radius 2 is 2.10 bits per heavy atom. The summed E-state index contributed by atoms with van der Waals surface area (Å²) in [6, 6.07) is 1.80. The minimum absolute atomic E-state index is 0.105. The number of nitrogens with zero attached hydrogens (tertiary/aromatic N) is 7. The van der Waals surface area contributed by atoms with E-state index in [1.165, 1.54) is 6.33 Å². The molecule has 3 aromatic rings. The fourth-order valence-electron chi connectivity index (χ4n) is 1.50. The fourth-order valence-corrected chi connectivity index (χ4v) is 1.66. The van der Waals surface area contributed by atoms with E-state index in [0.29, 0.717) is 18.4 Å². The molecule has 0 radical (unpaired) electrons.